The van der Waals surface area contributed by atoms with Gasteiger partial charge in [0.2, 0.25) is 5.89 Å². The lowest BCUT2D eigenvalue weighted by Crippen LogP contribution is -2.46. The Morgan fingerprint density at radius 1 is 1.04 bits per heavy atom. The Bertz CT molecular complexity index is 795. The highest BCUT2D eigenvalue weighted by Gasteiger charge is 2.20. The number of aromatic nitrogens is 2. The van der Waals surface area contributed by atoms with Gasteiger partial charge in [0.05, 0.1) is 12.8 Å². The van der Waals surface area contributed by atoms with Crippen molar-refractivity contribution >= 4 is 17.3 Å². The van der Waals surface area contributed by atoms with Crippen LogP contribution in [0.3, 0.4) is 0 Å². The molecule has 1 aliphatic heterocycles. The molecule has 0 saturated carbocycles. The first-order valence-corrected chi connectivity index (χ1v) is 8.25. The minimum Gasteiger partial charge on any atom is -0.459 e. The maximum Gasteiger partial charge on any atom is 0.283 e. The first kappa shape index (κ1) is 15.2. The minimum atomic E-state index is 0.424. The fraction of sp³-hybridized carbons (Fsp3) is 0.294. The van der Waals surface area contributed by atoms with Crippen LogP contribution in [0.4, 0.5) is 5.69 Å². The summed E-state index contributed by atoms with van der Waals surface area (Å²) in [5.41, 5.74) is 1.17. The average molecular weight is 345 g/mol. The Balaban J connectivity index is 1.35. The smallest absolute Gasteiger partial charge is 0.283 e. The maximum atomic E-state index is 6.07. The van der Waals surface area contributed by atoms with Crippen molar-refractivity contribution in [2.45, 2.75) is 6.54 Å². The number of benzene rings is 1. The van der Waals surface area contributed by atoms with Crippen LogP contribution in [0.25, 0.3) is 11.7 Å². The number of hydrogen-bond acceptors (Lipinski definition) is 6. The molecule has 7 heteroatoms. The van der Waals surface area contributed by atoms with Crippen molar-refractivity contribution in [3.05, 3.63) is 53.6 Å². The lowest BCUT2D eigenvalue weighted by molar-refractivity contribution is 0.226. The summed E-state index contributed by atoms with van der Waals surface area (Å²) < 4.78 is 10.9. The van der Waals surface area contributed by atoms with E-state index in [9.17, 15) is 0 Å². The normalized spacial score (nSPS) is 15.8. The van der Waals surface area contributed by atoms with E-state index in [1.54, 1.807) is 18.4 Å². The van der Waals surface area contributed by atoms with E-state index in [0.717, 1.165) is 31.2 Å². The zero-order valence-electron chi connectivity index (χ0n) is 13.1. The van der Waals surface area contributed by atoms with Crippen molar-refractivity contribution in [1.82, 2.24) is 15.1 Å². The van der Waals surface area contributed by atoms with Crippen molar-refractivity contribution in [2.75, 3.05) is 31.1 Å². The van der Waals surface area contributed by atoms with Gasteiger partial charge < -0.3 is 13.7 Å². The first-order valence-electron chi connectivity index (χ1n) is 7.87. The van der Waals surface area contributed by atoms with Gasteiger partial charge in [-0.2, -0.15) is 0 Å². The molecular weight excluding hydrogens is 328 g/mol. The van der Waals surface area contributed by atoms with E-state index in [4.69, 9.17) is 20.4 Å². The van der Waals surface area contributed by atoms with E-state index in [0.29, 0.717) is 24.1 Å². The zero-order valence-corrected chi connectivity index (χ0v) is 13.8. The topological polar surface area (TPSA) is 58.5 Å². The van der Waals surface area contributed by atoms with Gasteiger partial charge >= 0.3 is 0 Å². The Labute approximate surface area is 144 Å². The third-order valence-electron chi connectivity index (χ3n) is 4.10. The van der Waals surface area contributed by atoms with Crippen molar-refractivity contribution in [3.63, 3.8) is 0 Å². The van der Waals surface area contributed by atoms with Crippen LogP contribution >= 0.6 is 11.6 Å². The second kappa shape index (κ2) is 6.67. The van der Waals surface area contributed by atoms with Gasteiger partial charge in [-0.15, -0.1) is 10.2 Å². The molecule has 2 aromatic heterocycles. The van der Waals surface area contributed by atoms with Gasteiger partial charge in [0.25, 0.3) is 5.89 Å². The predicted molar refractivity (Wildman–Crippen MR) is 90.9 cm³/mol. The second-order valence-corrected chi connectivity index (χ2v) is 6.16. The fourth-order valence-electron chi connectivity index (χ4n) is 2.85. The predicted octanol–water partition coefficient (Wildman–Crippen LogP) is 3.31. The fourth-order valence-corrected chi connectivity index (χ4v) is 3.03. The Kier molecular flexibility index (Phi) is 4.23. The van der Waals surface area contributed by atoms with Crippen molar-refractivity contribution in [3.8, 4) is 11.7 Å². The quantitative estimate of drug-likeness (QED) is 0.723. The summed E-state index contributed by atoms with van der Waals surface area (Å²) in [7, 11) is 0. The van der Waals surface area contributed by atoms with Gasteiger partial charge in [-0.3, -0.25) is 4.90 Å². The molecule has 4 rings (SSSR count). The third kappa shape index (κ3) is 3.29. The average Bonchev–Trinajstić information content (AvgIpc) is 3.27. The second-order valence-electron chi connectivity index (χ2n) is 5.72. The molecule has 0 unspecified atom stereocenters. The van der Waals surface area contributed by atoms with Gasteiger partial charge in [0.15, 0.2) is 5.76 Å². The summed E-state index contributed by atoms with van der Waals surface area (Å²) in [4.78, 5) is 4.64. The number of hydrogen-bond donors (Lipinski definition) is 0. The van der Waals surface area contributed by atoms with Crippen LogP contribution in [0, 0.1) is 0 Å². The molecule has 0 spiro atoms. The van der Waals surface area contributed by atoms with Crippen molar-refractivity contribution < 1.29 is 8.83 Å². The Morgan fingerprint density at radius 2 is 1.92 bits per heavy atom. The van der Waals surface area contributed by atoms with Crippen LogP contribution in [-0.2, 0) is 6.54 Å². The number of rotatable bonds is 4. The van der Waals surface area contributed by atoms with E-state index < -0.39 is 0 Å². The van der Waals surface area contributed by atoms with Gasteiger partial charge in [-0.05, 0) is 30.3 Å². The van der Waals surface area contributed by atoms with E-state index in [1.807, 2.05) is 18.2 Å². The summed E-state index contributed by atoms with van der Waals surface area (Å²) >= 11 is 6.07. The molecule has 3 heterocycles. The molecule has 24 heavy (non-hydrogen) atoms. The highest BCUT2D eigenvalue weighted by Crippen LogP contribution is 2.22. The molecule has 6 nitrogen and oxygen atoms in total. The van der Waals surface area contributed by atoms with Crippen LogP contribution in [0.2, 0.25) is 5.02 Å². The molecule has 0 bridgehead atoms. The maximum absolute atomic E-state index is 6.07. The highest BCUT2D eigenvalue weighted by atomic mass is 35.5. The molecular formula is C17H17ClN4O2. The number of piperazine rings is 1. The Hall–Kier alpha value is -2.31. The molecule has 124 valence electrons. The van der Waals surface area contributed by atoms with Crippen molar-refractivity contribution in [2.24, 2.45) is 0 Å². The van der Waals surface area contributed by atoms with Gasteiger partial charge in [-0.25, -0.2) is 0 Å². The monoisotopic (exact) mass is 344 g/mol. The lowest BCUT2D eigenvalue weighted by atomic mass is 10.2. The molecule has 3 aromatic rings. The number of nitrogens with zero attached hydrogens (tertiary/aromatic N) is 4. The summed E-state index contributed by atoms with van der Waals surface area (Å²) in [6.07, 6.45) is 1.59. The lowest BCUT2D eigenvalue weighted by Gasteiger charge is -2.35. The molecule has 0 N–H and O–H groups in total. The number of furan rings is 1. The van der Waals surface area contributed by atoms with E-state index in [1.165, 1.54) is 5.69 Å². The summed E-state index contributed by atoms with van der Waals surface area (Å²) in [5, 5.41) is 8.91. The molecule has 1 fully saturated rings. The summed E-state index contributed by atoms with van der Waals surface area (Å²) in [6, 6.07) is 11.6. The minimum absolute atomic E-state index is 0.424. The van der Waals surface area contributed by atoms with Gasteiger partial charge in [-0.1, -0.05) is 17.7 Å². The molecule has 1 aromatic carbocycles. The zero-order chi connectivity index (χ0) is 16.4. The van der Waals surface area contributed by atoms with Crippen molar-refractivity contribution in [1.29, 1.82) is 0 Å². The standard InChI is InChI=1S/C17H17ClN4O2/c18-13-3-1-4-14(11-13)22-8-6-21(7-9-22)12-16-19-20-17(24-16)15-5-2-10-23-15/h1-5,10-11H,6-9,12H2. The van der Waals surface area contributed by atoms with E-state index in [2.05, 4.69) is 26.1 Å². The van der Waals surface area contributed by atoms with Crippen LogP contribution in [0.15, 0.2) is 51.5 Å². The number of halogens is 1. The molecule has 1 saturated heterocycles. The molecule has 0 aliphatic carbocycles. The summed E-state index contributed by atoms with van der Waals surface area (Å²) in [6.45, 7) is 4.41. The van der Waals surface area contributed by atoms with Gasteiger partial charge in [0, 0.05) is 36.9 Å². The molecule has 0 radical (unpaired) electrons. The Morgan fingerprint density at radius 3 is 2.67 bits per heavy atom. The highest BCUT2D eigenvalue weighted by molar-refractivity contribution is 6.30. The molecule has 0 atom stereocenters. The van der Waals surface area contributed by atoms with E-state index >= 15 is 0 Å². The molecule has 1 aliphatic rings. The van der Waals surface area contributed by atoms with Gasteiger partial charge in [0.1, 0.15) is 0 Å². The SMILES string of the molecule is Clc1cccc(N2CCN(Cc3nnc(-c4ccco4)o3)CC2)c1. The summed E-state index contributed by atoms with van der Waals surface area (Å²) in [5.74, 6) is 1.63. The van der Waals surface area contributed by atoms with Crippen LogP contribution < -0.4 is 4.90 Å². The largest absolute Gasteiger partial charge is 0.459 e. The first-order chi connectivity index (χ1) is 11.8. The third-order valence-corrected chi connectivity index (χ3v) is 4.34. The number of anilines is 1. The van der Waals surface area contributed by atoms with Crippen LogP contribution in [0.5, 0.6) is 0 Å². The van der Waals surface area contributed by atoms with E-state index in [-0.39, 0.29) is 0 Å². The van der Waals surface area contributed by atoms with Crippen LogP contribution in [-0.4, -0.2) is 41.3 Å². The van der Waals surface area contributed by atoms with Crippen LogP contribution in [0.1, 0.15) is 5.89 Å². The molecule has 0 amide bonds.